The van der Waals surface area contributed by atoms with Crippen molar-refractivity contribution in [1.29, 1.82) is 0 Å². The molecule has 172 valence electrons. The Labute approximate surface area is 202 Å². The number of nitrogens with zero attached hydrogens (tertiary/aromatic N) is 3. The van der Waals surface area contributed by atoms with Gasteiger partial charge in [0.15, 0.2) is 4.88 Å². The number of anilines is 1. The molecule has 3 heterocycles. The van der Waals surface area contributed by atoms with Crippen LogP contribution in [0.5, 0.6) is 5.75 Å². The molecule has 0 aliphatic heterocycles. The summed E-state index contributed by atoms with van der Waals surface area (Å²) in [6, 6.07) is 6.44. The number of aromatic nitrogens is 3. The first-order chi connectivity index (χ1) is 15.8. The predicted octanol–water partition coefficient (Wildman–Crippen LogP) is 6.12. The van der Waals surface area contributed by atoms with Crippen molar-refractivity contribution >= 4 is 57.2 Å². The number of thiophene rings is 1. The summed E-state index contributed by atoms with van der Waals surface area (Å²) in [4.78, 5) is 20.8. The van der Waals surface area contributed by atoms with Gasteiger partial charge in [0.25, 0.3) is 0 Å². The number of benzene rings is 1. The predicted molar refractivity (Wildman–Crippen MR) is 129 cm³/mol. The van der Waals surface area contributed by atoms with Crippen molar-refractivity contribution in [2.75, 3.05) is 18.5 Å². The van der Waals surface area contributed by atoms with Crippen LogP contribution in [-0.2, 0) is 6.54 Å². The fourth-order valence-corrected chi connectivity index (χ4v) is 4.96. The number of halogens is 3. The van der Waals surface area contributed by atoms with E-state index >= 15 is 0 Å². The minimum atomic E-state index is -1.05. The zero-order chi connectivity index (χ0) is 23.7. The van der Waals surface area contributed by atoms with Crippen molar-refractivity contribution in [3.05, 3.63) is 57.0 Å². The highest BCUT2D eigenvalue weighted by Crippen LogP contribution is 2.36. The molecule has 0 aliphatic rings. The van der Waals surface area contributed by atoms with E-state index in [1.54, 1.807) is 19.1 Å². The van der Waals surface area contributed by atoms with Crippen molar-refractivity contribution in [2.45, 2.75) is 20.4 Å². The fourth-order valence-electron chi connectivity index (χ4n) is 3.56. The van der Waals surface area contributed by atoms with Crippen molar-refractivity contribution in [1.82, 2.24) is 14.5 Å². The van der Waals surface area contributed by atoms with Crippen LogP contribution in [0.15, 0.2) is 30.6 Å². The van der Waals surface area contributed by atoms with E-state index in [1.807, 2.05) is 17.6 Å². The Bertz CT molecular complexity index is 1360. The van der Waals surface area contributed by atoms with E-state index in [4.69, 9.17) is 27.9 Å². The van der Waals surface area contributed by atoms with Gasteiger partial charge in [0.2, 0.25) is 0 Å². The van der Waals surface area contributed by atoms with Crippen molar-refractivity contribution in [3.8, 4) is 16.3 Å². The van der Waals surface area contributed by atoms with E-state index in [0.717, 1.165) is 17.0 Å². The quantitative estimate of drug-likeness (QED) is 0.278. The number of fused-ring (bicyclic) bond motifs is 1. The van der Waals surface area contributed by atoms with E-state index in [9.17, 15) is 14.3 Å². The van der Waals surface area contributed by atoms with Crippen LogP contribution >= 0.6 is 34.5 Å². The minimum absolute atomic E-state index is 0.0488. The maximum Gasteiger partial charge on any atom is 0.349 e. The number of hydrogen-bond donors (Lipinski definition) is 2. The molecule has 11 heteroatoms. The summed E-state index contributed by atoms with van der Waals surface area (Å²) >= 11 is 13.5. The van der Waals surface area contributed by atoms with E-state index in [-0.39, 0.29) is 9.90 Å². The van der Waals surface area contributed by atoms with Crippen LogP contribution in [0.1, 0.15) is 22.3 Å². The molecule has 0 unspecified atom stereocenters. The SMILES string of the molecule is CCOc1cc(-c2cc(NCCn3c(C)cc4c(Cl)c(F)cc(Cl)c43)ncn2)sc1C(=O)O. The molecule has 33 heavy (non-hydrogen) atoms. The van der Waals surface area contributed by atoms with Gasteiger partial charge in [-0.15, -0.1) is 11.3 Å². The van der Waals surface area contributed by atoms with E-state index < -0.39 is 11.8 Å². The average Bonchev–Trinajstić information content (AvgIpc) is 3.35. The lowest BCUT2D eigenvalue weighted by Gasteiger charge is -2.11. The van der Waals surface area contributed by atoms with Crippen LogP contribution < -0.4 is 10.1 Å². The molecule has 0 fully saturated rings. The zero-order valence-electron chi connectivity index (χ0n) is 17.7. The first-order valence-electron chi connectivity index (χ1n) is 9.99. The molecule has 0 atom stereocenters. The van der Waals surface area contributed by atoms with Crippen molar-refractivity contribution in [3.63, 3.8) is 0 Å². The van der Waals surface area contributed by atoms with Crippen LogP contribution in [0, 0.1) is 12.7 Å². The van der Waals surface area contributed by atoms with Gasteiger partial charge in [-0.2, -0.15) is 0 Å². The zero-order valence-corrected chi connectivity index (χ0v) is 20.0. The van der Waals surface area contributed by atoms with Gasteiger partial charge in [-0.25, -0.2) is 19.2 Å². The fraction of sp³-hybridized carbons (Fsp3) is 0.227. The maximum atomic E-state index is 13.9. The minimum Gasteiger partial charge on any atom is -0.492 e. The second kappa shape index (κ2) is 9.54. The second-order valence-corrected chi connectivity index (χ2v) is 8.95. The number of aryl methyl sites for hydroxylation is 1. The van der Waals surface area contributed by atoms with Gasteiger partial charge < -0.3 is 19.7 Å². The lowest BCUT2D eigenvalue weighted by atomic mass is 10.2. The first-order valence-corrected chi connectivity index (χ1v) is 11.6. The molecule has 7 nitrogen and oxygen atoms in total. The summed E-state index contributed by atoms with van der Waals surface area (Å²) in [7, 11) is 0. The monoisotopic (exact) mass is 508 g/mol. The highest BCUT2D eigenvalue weighted by atomic mass is 35.5. The van der Waals surface area contributed by atoms with Crippen LogP contribution in [0.3, 0.4) is 0 Å². The number of rotatable bonds is 8. The molecule has 1 aromatic carbocycles. The highest BCUT2D eigenvalue weighted by Gasteiger charge is 2.19. The first kappa shape index (κ1) is 23.3. The molecule has 0 spiro atoms. The van der Waals surface area contributed by atoms with Gasteiger partial charge in [-0.1, -0.05) is 23.2 Å². The number of ether oxygens (including phenoxy) is 1. The molecule has 0 saturated heterocycles. The molecule has 4 rings (SSSR count). The Morgan fingerprint density at radius 1 is 1.27 bits per heavy atom. The molecule has 2 N–H and O–H groups in total. The Morgan fingerprint density at radius 2 is 2.06 bits per heavy atom. The van der Waals surface area contributed by atoms with Gasteiger partial charge in [0.05, 0.1) is 32.7 Å². The van der Waals surface area contributed by atoms with Crippen LogP contribution in [0.25, 0.3) is 21.5 Å². The van der Waals surface area contributed by atoms with Crippen LogP contribution in [-0.4, -0.2) is 38.8 Å². The highest BCUT2D eigenvalue weighted by molar-refractivity contribution is 7.17. The topological polar surface area (TPSA) is 89.3 Å². The van der Waals surface area contributed by atoms with Gasteiger partial charge in [0, 0.05) is 36.3 Å². The summed E-state index contributed by atoms with van der Waals surface area (Å²) in [5.41, 5.74) is 2.15. The van der Waals surface area contributed by atoms with Crippen molar-refractivity contribution in [2.24, 2.45) is 0 Å². The van der Waals surface area contributed by atoms with E-state index in [0.29, 0.717) is 57.8 Å². The Morgan fingerprint density at radius 3 is 2.79 bits per heavy atom. The molecule has 0 aliphatic carbocycles. The largest absolute Gasteiger partial charge is 0.492 e. The summed E-state index contributed by atoms with van der Waals surface area (Å²) < 4.78 is 21.3. The number of hydrogen-bond acceptors (Lipinski definition) is 6. The van der Waals surface area contributed by atoms with Crippen LogP contribution in [0.4, 0.5) is 10.2 Å². The Kier molecular flexibility index (Phi) is 6.73. The van der Waals surface area contributed by atoms with Crippen LogP contribution in [0.2, 0.25) is 10.0 Å². The van der Waals surface area contributed by atoms with Crippen molar-refractivity contribution < 1.29 is 19.0 Å². The summed E-state index contributed by atoms with van der Waals surface area (Å²) in [5.74, 6) is -0.701. The normalized spacial score (nSPS) is 11.2. The lowest BCUT2D eigenvalue weighted by molar-refractivity contribution is 0.0698. The van der Waals surface area contributed by atoms with Gasteiger partial charge in [0.1, 0.15) is 23.7 Å². The average molecular weight is 509 g/mol. The van der Waals surface area contributed by atoms with E-state index in [1.165, 1.54) is 12.4 Å². The molecular weight excluding hydrogens is 490 g/mol. The number of carbonyl (C=O) groups is 1. The molecule has 0 bridgehead atoms. The van der Waals surface area contributed by atoms with E-state index in [2.05, 4.69) is 15.3 Å². The second-order valence-electron chi connectivity index (χ2n) is 7.11. The molecule has 0 radical (unpaired) electrons. The molecule has 0 amide bonds. The summed E-state index contributed by atoms with van der Waals surface area (Å²) in [6.45, 7) is 5.10. The molecular formula is C22H19Cl2FN4O3S. The summed E-state index contributed by atoms with van der Waals surface area (Å²) in [5, 5.41) is 13.6. The maximum absolute atomic E-state index is 13.9. The third-order valence-corrected chi connectivity index (χ3v) is 6.78. The number of nitrogens with one attached hydrogen (secondary N) is 1. The van der Waals surface area contributed by atoms with Gasteiger partial charge >= 0.3 is 5.97 Å². The summed E-state index contributed by atoms with van der Waals surface area (Å²) in [6.07, 6.45) is 1.41. The standard InChI is InChI=1S/C22H19Cl2FN4O3S/c1-3-32-16-9-17(33-21(16)22(30)31)15-8-18(28-10-27-15)26-4-5-29-11(2)6-12-19(24)14(25)7-13(23)20(12)29/h6-10H,3-5H2,1-2H3,(H,30,31)(H,26,27,28). The third-order valence-electron chi connectivity index (χ3n) is 4.98. The Balaban J connectivity index is 1.53. The number of carboxylic acids is 1. The molecule has 0 saturated carbocycles. The third kappa shape index (κ3) is 4.62. The molecule has 3 aromatic heterocycles. The Hall–Kier alpha value is -2.88. The smallest absolute Gasteiger partial charge is 0.349 e. The van der Waals surface area contributed by atoms with Gasteiger partial charge in [-0.05, 0) is 26.0 Å². The lowest BCUT2D eigenvalue weighted by Crippen LogP contribution is -2.12. The number of aromatic carboxylic acids is 1. The molecule has 4 aromatic rings. The number of carboxylic acid groups (broad SMARTS) is 1. The van der Waals surface area contributed by atoms with Gasteiger partial charge in [-0.3, -0.25) is 0 Å².